The summed E-state index contributed by atoms with van der Waals surface area (Å²) in [5.41, 5.74) is 2.93. The van der Waals surface area contributed by atoms with Gasteiger partial charge < -0.3 is 4.74 Å². The van der Waals surface area contributed by atoms with E-state index in [-0.39, 0.29) is 0 Å². The summed E-state index contributed by atoms with van der Waals surface area (Å²) in [4.78, 5) is 4.16. The molecule has 0 aliphatic carbocycles. The van der Waals surface area contributed by atoms with Crippen LogP contribution in [0.5, 0.6) is 5.75 Å². The van der Waals surface area contributed by atoms with E-state index in [1.807, 2.05) is 55.5 Å². The average molecular weight is 382 g/mol. The van der Waals surface area contributed by atoms with Crippen LogP contribution in [0.15, 0.2) is 73.1 Å². The fraction of sp³-hybridized carbons (Fsp3) is 0.136. The largest absolute Gasteiger partial charge is 0.493 e. The molecule has 0 aliphatic rings. The summed E-state index contributed by atoms with van der Waals surface area (Å²) < 4.78 is 46.3. The third-order valence-electron chi connectivity index (χ3n) is 4.50. The number of benzene rings is 3. The summed E-state index contributed by atoms with van der Waals surface area (Å²) in [5.74, 6) is 0.785. The molecule has 1 aromatic heterocycles. The molecule has 0 saturated heterocycles. The van der Waals surface area contributed by atoms with E-state index in [1.165, 1.54) is 6.07 Å². The van der Waals surface area contributed by atoms with Crippen LogP contribution in [-0.4, -0.2) is 16.2 Å². The first-order valence-electron chi connectivity index (χ1n) is 8.84. The zero-order valence-corrected chi connectivity index (χ0v) is 15.1. The SMILES string of the molecule is CCOc1ccccc1-c1cccc(-n2cnc3cc(C(F)(F)F)ccc32)c1. The zero-order valence-electron chi connectivity index (χ0n) is 15.1. The van der Waals surface area contributed by atoms with E-state index in [9.17, 15) is 13.2 Å². The van der Waals surface area contributed by atoms with Crippen LogP contribution in [0.2, 0.25) is 0 Å². The Kier molecular flexibility index (Phi) is 4.55. The predicted molar refractivity (Wildman–Crippen MR) is 103 cm³/mol. The van der Waals surface area contributed by atoms with Crippen molar-refractivity contribution in [2.45, 2.75) is 13.1 Å². The quantitative estimate of drug-likeness (QED) is 0.426. The Hall–Kier alpha value is -3.28. The number of hydrogen-bond donors (Lipinski definition) is 0. The van der Waals surface area contributed by atoms with Gasteiger partial charge in [0.1, 0.15) is 12.1 Å². The first-order valence-corrected chi connectivity index (χ1v) is 8.84. The maximum Gasteiger partial charge on any atom is 0.416 e. The molecule has 4 rings (SSSR count). The van der Waals surface area contributed by atoms with Gasteiger partial charge in [-0.2, -0.15) is 13.2 Å². The highest BCUT2D eigenvalue weighted by Crippen LogP contribution is 2.33. The molecule has 3 nitrogen and oxygen atoms in total. The number of para-hydroxylation sites is 1. The lowest BCUT2D eigenvalue weighted by atomic mass is 10.0. The minimum atomic E-state index is -4.39. The van der Waals surface area contributed by atoms with Crippen LogP contribution in [0.3, 0.4) is 0 Å². The first kappa shape index (κ1) is 18.1. The molecule has 6 heteroatoms. The number of aromatic nitrogens is 2. The van der Waals surface area contributed by atoms with Gasteiger partial charge in [-0.1, -0.05) is 30.3 Å². The predicted octanol–water partition coefficient (Wildman–Crippen LogP) is 6.11. The molecule has 0 N–H and O–H groups in total. The van der Waals surface area contributed by atoms with Crippen LogP contribution in [0, 0.1) is 0 Å². The van der Waals surface area contributed by atoms with Crippen molar-refractivity contribution in [1.29, 1.82) is 0 Å². The van der Waals surface area contributed by atoms with E-state index < -0.39 is 11.7 Å². The smallest absolute Gasteiger partial charge is 0.416 e. The second kappa shape index (κ2) is 7.03. The molecular formula is C22H17F3N2O. The highest BCUT2D eigenvalue weighted by atomic mass is 19.4. The second-order valence-electron chi connectivity index (χ2n) is 6.30. The van der Waals surface area contributed by atoms with Gasteiger partial charge in [-0.25, -0.2) is 4.98 Å². The van der Waals surface area contributed by atoms with Crippen LogP contribution in [0.1, 0.15) is 12.5 Å². The lowest BCUT2D eigenvalue weighted by Crippen LogP contribution is -2.04. The number of nitrogens with zero attached hydrogens (tertiary/aromatic N) is 2. The van der Waals surface area contributed by atoms with Gasteiger partial charge in [-0.05, 0) is 48.9 Å². The number of fused-ring (bicyclic) bond motifs is 1. The number of rotatable bonds is 4. The average Bonchev–Trinajstić information content (AvgIpc) is 3.11. The van der Waals surface area contributed by atoms with E-state index in [0.717, 1.165) is 34.7 Å². The molecule has 0 atom stereocenters. The van der Waals surface area contributed by atoms with Gasteiger partial charge in [0, 0.05) is 11.3 Å². The van der Waals surface area contributed by atoms with Crippen molar-refractivity contribution in [2.75, 3.05) is 6.61 Å². The molecule has 0 amide bonds. The van der Waals surface area contributed by atoms with Gasteiger partial charge in [0.15, 0.2) is 0 Å². The van der Waals surface area contributed by atoms with Gasteiger partial charge in [0.25, 0.3) is 0 Å². The summed E-state index contributed by atoms with van der Waals surface area (Å²) in [7, 11) is 0. The van der Waals surface area contributed by atoms with Crippen molar-refractivity contribution in [3.63, 3.8) is 0 Å². The van der Waals surface area contributed by atoms with Crippen LogP contribution in [-0.2, 0) is 6.18 Å². The van der Waals surface area contributed by atoms with Crippen molar-refractivity contribution in [3.8, 4) is 22.6 Å². The van der Waals surface area contributed by atoms with Gasteiger partial charge in [-0.3, -0.25) is 4.57 Å². The monoisotopic (exact) mass is 382 g/mol. The summed E-state index contributed by atoms with van der Waals surface area (Å²) in [6.07, 6.45) is -2.85. The first-order chi connectivity index (χ1) is 13.5. The van der Waals surface area contributed by atoms with Crippen molar-refractivity contribution in [1.82, 2.24) is 9.55 Å². The minimum absolute atomic E-state index is 0.301. The Labute approximate surface area is 160 Å². The summed E-state index contributed by atoms with van der Waals surface area (Å²) >= 11 is 0. The highest BCUT2D eigenvalue weighted by molar-refractivity contribution is 5.79. The van der Waals surface area contributed by atoms with Crippen LogP contribution < -0.4 is 4.74 Å². The molecule has 4 aromatic rings. The normalized spacial score (nSPS) is 11.7. The molecule has 142 valence electrons. The number of imidazole rings is 1. The fourth-order valence-corrected chi connectivity index (χ4v) is 3.20. The molecule has 28 heavy (non-hydrogen) atoms. The summed E-state index contributed by atoms with van der Waals surface area (Å²) in [6.45, 7) is 2.49. The van der Waals surface area contributed by atoms with Gasteiger partial charge in [0.2, 0.25) is 0 Å². The molecule has 0 spiro atoms. The van der Waals surface area contributed by atoms with Gasteiger partial charge in [0.05, 0.1) is 23.2 Å². The van der Waals surface area contributed by atoms with E-state index >= 15 is 0 Å². The van der Waals surface area contributed by atoms with Crippen LogP contribution >= 0.6 is 0 Å². The molecule has 0 radical (unpaired) electrons. The number of ether oxygens (including phenoxy) is 1. The Morgan fingerprint density at radius 3 is 2.57 bits per heavy atom. The minimum Gasteiger partial charge on any atom is -0.493 e. The van der Waals surface area contributed by atoms with Crippen molar-refractivity contribution in [3.05, 3.63) is 78.6 Å². The van der Waals surface area contributed by atoms with Crippen LogP contribution in [0.25, 0.3) is 27.8 Å². The molecule has 1 heterocycles. The fourth-order valence-electron chi connectivity index (χ4n) is 3.20. The Morgan fingerprint density at radius 1 is 0.964 bits per heavy atom. The van der Waals surface area contributed by atoms with Crippen molar-refractivity contribution >= 4 is 11.0 Å². The number of alkyl halides is 3. The number of halogens is 3. The molecule has 0 bridgehead atoms. The highest BCUT2D eigenvalue weighted by Gasteiger charge is 2.30. The summed E-state index contributed by atoms with van der Waals surface area (Å²) in [6, 6.07) is 19.1. The Morgan fingerprint density at radius 2 is 1.79 bits per heavy atom. The Balaban J connectivity index is 1.79. The maximum absolute atomic E-state index is 12.9. The van der Waals surface area contributed by atoms with E-state index in [0.29, 0.717) is 17.6 Å². The van der Waals surface area contributed by atoms with Crippen LogP contribution in [0.4, 0.5) is 13.2 Å². The second-order valence-corrected chi connectivity index (χ2v) is 6.30. The van der Waals surface area contributed by atoms with Gasteiger partial charge in [-0.15, -0.1) is 0 Å². The van der Waals surface area contributed by atoms with E-state index in [4.69, 9.17) is 4.74 Å². The third-order valence-corrected chi connectivity index (χ3v) is 4.50. The lowest BCUT2D eigenvalue weighted by molar-refractivity contribution is -0.137. The van der Waals surface area contributed by atoms with Crippen molar-refractivity contribution in [2.24, 2.45) is 0 Å². The molecular weight excluding hydrogens is 365 g/mol. The molecule has 0 saturated carbocycles. The third kappa shape index (κ3) is 3.33. The zero-order chi connectivity index (χ0) is 19.7. The van der Waals surface area contributed by atoms with Gasteiger partial charge >= 0.3 is 6.18 Å². The topological polar surface area (TPSA) is 27.1 Å². The lowest BCUT2D eigenvalue weighted by Gasteiger charge is -2.12. The molecule has 0 aliphatic heterocycles. The number of hydrogen-bond acceptors (Lipinski definition) is 2. The molecule has 0 fully saturated rings. The van der Waals surface area contributed by atoms with E-state index in [2.05, 4.69) is 4.98 Å². The maximum atomic E-state index is 12.9. The van der Waals surface area contributed by atoms with E-state index in [1.54, 1.807) is 10.9 Å². The summed E-state index contributed by atoms with van der Waals surface area (Å²) in [5, 5.41) is 0. The molecule has 3 aromatic carbocycles. The standard InChI is InChI=1S/C22H17F3N2O/c1-2-28-21-9-4-3-8-18(21)15-6-5-7-17(12-15)27-14-26-19-13-16(22(23,24)25)10-11-20(19)27/h3-14H,2H2,1H3. The Bertz CT molecular complexity index is 1130. The molecule has 0 unspecified atom stereocenters. The van der Waals surface area contributed by atoms with Crippen molar-refractivity contribution < 1.29 is 17.9 Å².